The molecule has 0 spiro atoms. The van der Waals surface area contributed by atoms with Crippen molar-refractivity contribution in [2.45, 2.75) is 39.5 Å². The lowest BCUT2D eigenvalue weighted by Gasteiger charge is -2.19. The minimum Gasteiger partial charge on any atom is -0.370 e. The van der Waals surface area contributed by atoms with E-state index in [1.807, 2.05) is 6.07 Å². The molecule has 0 saturated carbocycles. The number of rotatable bonds is 5. The summed E-state index contributed by atoms with van der Waals surface area (Å²) < 4.78 is 0. The molecule has 0 aromatic carbocycles. The van der Waals surface area contributed by atoms with Crippen LogP contribution in [0, 0.1) is 5.92 Å². The van der Waals surface area contributed by atoms with E-state index >= 15 is 0 Å². The summed E-state index contributed by atoms with van der Waals surface area (Å²) in [4.78, 5) is 9.29. The highest BCUT2D eigenvalue weighted by atomic mass is 32.2. The van der Waals surface area contributed by atoms with Gasteiger partial charge in [0.25, 0.3) is 0 Å². The third-order valence-electron chi connectivity index (χ3n) is 3.35. The molecule has 112 valence electrons. The summed E-state index contributed by atoms with van der Waals surface area (Å²) in [5.41, 5.74) is -0.0366. The van der Waals surface area contributed by atoms with Crippen LogP contribution in [0.3, 0.4) is 0 Å². The van der Waals surface area contributed by atoms with Crippen molar-refractivity contribution < 1.29 is 0 Å². The molecule has 5 heteroatoms. The number of aromatic nitrogens is 2. The predicted octanol–water partition coefficient (Wildman–Crippen LogP) is 3.37. The Hall–Kier alpha value is -0.970. The highest BCUT2D eigenvalue weighted by molar-refractivity contribution is 7.99. The summed E-state index contributed by atoms with van der Waals surface area (Å²) in [5, 5.41) is 6.79. The minimum atomic E-state index is -0.0366. The van der Waals surface area contributed by atoms with Crippen LogP contribution in [0.25, 0.3) is 0 Å². The van der Waals surface area contributed by atoms with Crippen LogP contribution >= 0.6 is 11.8 Å². The fourth-order valence-electron chi connectivity index (χ4n) is 2.14. The summed E-state index contributed by atoms with van der Waals surface area (Å²) in [6, 6.07) is 2.01. The molecule has 1 fully saturated rings. The monoisotopic (exact) mass is 294 g/mol. The number of nitrogens with zero attached hydrogens (tertiary/aromatic N) is 2. The summed E-state index contributed by atoms with van der Waals surface area (Å²) >= 11 is 2.05. The summed E-state index contributed by atoms with van der Waals surface area (Å²) in [6.45, 7) is 10.4. The zero-order valence-corrected chi connectivity index (χ0v) is 13.8. The average molecular weight is 294 g/mol. The van der Waals surface area contributed by atoms with Crippen molar-refractivity contribution in [2.75, 3.05) is 35.2 Å². The van der Waals surface area contributed by atoms with Crippen LogP contribution in [-0.4, -0.2) is 34.6 Å². The maximum Gasteiger partial charge on any atom is 0.138 e. The van der Waals surface area contributed by atoms with Crippen molar-refractivity contribution in [3.8, 4) is 0 Å². The number of thioether (sulfide) groups is 1. The first-order valence-corrected chi connectivity index (χ1v) is 8.59. The quantitative estimate of drug-likeness (QED) is 0.872. The molecule has 1 saturated heterocycles. The maximum absolute atomic E-state index is 4.68. The fraction of sp³-hybridized carbons (Fsp3) is 0.733. The Balaban J connectivity index is 2.11. The standard InChI is InChI=1S/C15H26N4S/c1-5-16-12-8-13(17-9-11-6-7-20-10-11)19-14(18-12)15(2,3)4/h8,11H,5-7,9-10H2,1-4H3,(H2,16,17,18,19). The van der Waals surface area contributed by atoms with Crippen LogP contribution in [0.4, 0.5) is 11.6 Å². The lowest BCUT2D eigenvalue weighted by molar-refractivity contribution is 0.545. The van der Waals surface area contributed by atoms with E-state index in [-0.39, 0.29) is 5.41 Å². The van der Waals surface area contributed by atoms with E-state index in [2.05, 4.69) is 60.1 Å². The van der Waals surface area contributed by atoms with Crippen molar-refractivity contribution >= 4 is 23.4 Å². The summed E-state index contributed by atoms with van der Waals surface area (Å²) in [7, 11) is 0. The maximum atomic E-state index is 4.68. The van der Waals surface area contributed by atoms with Crippen LogP contribution in [-0.2, 0) is 5.41 Å². The van der Waals surface area contributed by atoms with E-state index in [0.717, 1.165) is 36.5 Å². The van der Waals surface area contributed by atoms with Crippen LogP contribution in [0.2, 0.25) is 0 Å². The highest BCUT2D eigenvalue weighted by Crippen LogP contribution is 2.25. The van der Waals surface area contributed by atoms with Gasteiger partial charge in [-0.25, -0.2) is 9.97 Å². The first-order valence-electron chi connectivity index (χ1n) is 7.44. The number of anilines is 2. The molecule has 2 N–H and O–H groups in total. The van der Waals surface area contributed by atoms with E-state index < -0.39 is 0 Å². The Kier molecular flexibility index (Phi) is 5.13. The molecule has 1 atom stereocenters. The third-order valence-corrected chi connectivity index (χ3v) is 4.58. The molecule has 2 heterocycles. The molecule has 1 aromatic rings. The van der Waals surface area contributed by atoms with Gasteiger partial charge in [0.05, 0.1) is 0 Å². The van der Waals surface area contributed by atoms with Gasteiger partial charge in [-0.15, -0.1) is 0 Å². The van der Waals surface area contributed by atoms with E-state index in [4.69, 9.17) is 0 Å². The van der Waals surface area contributed by atoms with E-state index in [1.165, 1.54) is 17.9 Å². The highest BCUT2D eigenvalue weighted by Gasteiger charge is 2.20. The Morgan fingerprint density at radius 2 is 1.95 bits per heavy atom. The second kappa shape index (κ2) is 6.66. The Labute approximate surface area is 126 Å². The van der Waals surface area contributed by atoms with Gasteiger partial charge >= 0.3 is 0 Å². The third kappa shape index (κ3) is 4.27. The Morgan fingerprint density at radius 1 is 1.25 bits per heavy atom. The lowest BCUT2D eigenvalue weighted by Crippen LogP contribution is -2.20. The molecule has 0 aliphatic carbocycles. The van der Waals surface area contributed by atoms with Gasteiger partial charge in [0.1, 0.15) is 17.5 Å². The molecule has 1 unspecified atom stereocenters. The van der Waals surface area contributed by atoms with Crippen molar-refractivity contribution in [3.05, 3.63) is 11.9 Å². The molecular formula is C15H26N4S. The smallest absolute Gasteiger partial charge is 0.138 e. The normalized spacial score (nSPS) is 19.1. The van der Waals surface area contributed by atoms with Gasteiger partial charge in [0.2, 0.25) is 0 Å². The molecule has 4 nitrogen and oxygen atoms in total. The topological polar surface area (TPSA) is 49.8 Å². The Morgan fingerprint density at radius 3 is 2.50 bits per heavy atom. The van der Waals surface area contributed by atoms with Crippen LogP contribution in [0.1, 0.15) is 39.9 Å². The van der Waals surface area contributed by atoms with Crippen molar-refractivity contribution in [3.63, 3.8) is 0 Å². The molecule has 1 aromatic heterocycles. The molecule has 2 rings (SSSR count). The molecule has 20 heavy (non-hydrogen) atoms. The minimum absolute atomic E-state index is 0.0366. The first kappa shape index (κ1) is 15.4. The van der Waals surface area contributed by atoms with Gasteiger partial charge in [-0.05, 0) is 30.8 Å². The van der Waals surface area contributed by atoms with Crippen molar-refractivity contribution in [1.82, 2.24) is 9.97 Å². The second-order valence-corrected chi connectivity index (χ2v) is 7.50. The second-order valence-electron chi connectivity index (χ2n) is 6.35. The zero-order valence-electron chi connectivity index (χ0n) is 13.0. The van der Waals surface area contributed by atoms with Gasteiger partial charge in [0, 0.05) is 24.6 Å². The van der Waals surface area contributed by atoms with Crippen LogP contribution < -0.4 is 10.6 Å². The van der Waals surface area contributed by atoms with Gasteiger partial charge in [-0.1, -0.05) is 20.8 Å². The number of hydrogen-bond acceptors (Lipinski definition) is 5. The molecule has 0 bridgehead atoms. The van der Waals surface area contributed by atoms with Crippen LogP contribution in [0.5, 0.6) is 0 Å². The molecular weight excluding hydrogens is 268 g/mol. The van der Waals surface area contributed by atoms with Crippen LogP contribution in [0.15, 0.2) is 6.07 Å². The number of hydrogen-bond donors (Lipinski definition) is 2. The molecule has 0 amide bonds. The first-order chi connectivity index (χ1) is 9.49. The van der Waals surface area contributed by atoms with Gasteiger partial charge in [-0.3, -0.25) is 0 Å². The SMILES string of the molecule is CCNc1cc(NCC2CCSC2)nc(C(C)(C)C)n1. The molecule has 1 aliphatic rings. The lowest BCUT2D eigenvalue weighted by atomic mass is 9.96. The summed E-state index contributed by atoms with van der Waals surface area (Å²) in [5.74, 6) is 6.08. The van der Waals surface area contributed by atoms with Gasteiger partial charge < -0.3 is 10.6 Å². The predicted molar refractivity (Wildman–Crippen MR) is 88.8 cm³/mol. The van der Waals surface area contributed by atoms with Crippen molar-refractivity contribution in [2.24, 2.45) is 5.92 Å². The zero-order chi connectivity index (χ0) is 14.6. The Bertz CT molecular complexity index is 436. The fourth-order valence-corrected chi connectivity index (χ4v) is 3.42. The van der Waals surface area contributed by atoms with Crippen molar-refractivity contribution in [1.29, 1.82) is 0 Å². The van der Waals surface area contributed by atoms with E-state index in [0.29, 0.717) is 0 Å². The average Bonchev–Trinajstić information content (AvgIpc) is 2.88. The summed E-state index contributed by atoms with van der Waals surface area (Å²) in [6.07, 6.45) is 1.31. The van der Waals surface area contributed by atoms with E-state index in [1.54, 1.807) is 0 Å². The number of nitrogens with one attached hydrogen (secondary N) is 2. The van der Waals surface area contributed by atoms with Gasteiger partial charge in [0.15, 0.2) is 0 Å². The van der Waals surface area contributed by atoms with E-state index in [9.17, 15) is 0 Å². The van der Waals surface area contributed by atoms with Gasteiger partial charge in [-0.2, -0.15) is 11.8 Å². The molecule has 1 aliphatic heterocycles. The molecule has 0 radical (unpaired) electrons. The largest absolute Gasteiger partial charge is 0.370 e.